The first-order valence-electron chi connectivity index (χ1n) is 6.89. The molecule has 0 saturated heterocycles. The summed E-state index contributed by atoms with van der Waals surface area (Å²) in [5, 5.41) is 15.6. The van der Waals surface area contributed by atoms with Crippen LogP contribution in [-0.4, -0.2) is 24.2 Å². The number of benzene rings is 1. The number of hydrogen-bond acceptors (Lipinski definition) is 2. The number of nitrogens with one attached hydrogen (secondary N) is 2. The van der Waals surface area contributed by atoms with Gasteiger partial charge in [0, 0.05) is 13.0 Å². The lowest BCUT2D eigenvalue weighted by molar-refractivity contribution is 0.0593. The van der Waals surface area contributed by atoms with Gasteiger partial charge in [0.2, 0.25) is 0 Å². The Morgan fingerprint density at radius 3 is 2.62 bits per heavy atom. The molecule has 0 aliphatic rings. The number of halogens is 1. The van der Waals surface area contributed by atoms with Crippen LogP contribution in [0.15, 0.2) is 24.3 Å². The van der Waals surface area contributed by atoms with E-state index in [0.29, 0.717) is 18.5 Å². The molecule has 4 nitrogen and oxygen atoms in total. The summed E-state index contributed by atoms with van der Waals surface area (Å²) in [6.07, 6.45) is 7.50. The lowest BCUT2D eigenvalue weighted by atomic mass is 9.96. The molecule has 2 amide bonds. The Hall–Kier alpha value is -2.06. The van der Waals surface area contributed by atoms with Crippen LogP contribution in [0.5, 0.6) is 0 Å². The monoisotopic (exact) mass is 292 g/mol. The number of amides is 2. The first-order valence-corrected chi connectivity index (χ1v) is 6.89. The van der Waals surface area contributed by atoms with E-state index >= 15 is 0 Å². The Morgan fingerprint density at radius 1 is 1.33 bits per heavy atom. The van der Waals surface area contributed by atoms with Gasteiger partial charge in [-0.3, -0.25) is 0 Å². The van der Waals surface area contributed by atoms with Gasteiger partial charge >= 0.3 is 6.03 Å². The van der Waals surface area contributed by atoms with E-state index in [1.54, 1.807) is 6.92 Å². The van der Waals surface area contributed by atoms with E-state index in [1.807, 2.05) is 0 Å². The van der Waals surface area contributed by atoms with Gasteiger partial charge in [-0.1, -0.05) is 12.1 Å². The second kappa shape index (κ2) is 8.28. The van der Waals surface area contributed by atoms with E-state index in [-0.39, 0.29) is 18.4 Å². The highest BCUT2D eigenvalue weighted by molar-refractivity contribution is 5.73. The molecule has 0 aromatic heterocycles. The smallest absolute Gasteiger partial charge is 0.314 e. The van der Waals surface area contributed by atoms with Crippen molar-refractivity contribution < 1.29 is 14.3 Å². The number of rotatable bonds is 7. The third-order valence-electron chi connectivity index (χ3n) is 3.09. The molecule has 1 aromatic carbocycles. The summed E-state index contributed by atoms with van der Waals surface area (Å²) in [6, 6.07) is 5.19. The molecule has 3 N–H and O–H groups in total. The van der Waals surface area contributed by atoms with E-state index in [0.717, 1.165) is 12.8 Å². The molecule has 114 valence electrons. The molecule has 0 radical (unpaired) electrons. The highest BCUT2D eigenvalue weighted by Gasteiger charge is 2.23. The first kappa shape index (κ1) is 17.0. The zero-order chi connectivity index (χ0) is 15.7. The maximum Gasteiger partial charge on any atom is 0.314 e. The van der Waals surface area contributed by atoms with Crippen LogP contribution in [0.3, 0.4) is 0 Å². The fourth-order valence-electron chi connectivity index (χ4n) is 1.78. The van der Waals surface area contributed by atoms with Gasteiger partial charge in [0.05, 0.1) is 6.54 Å². The highest BCUT2D eigenvalue weighted by Crippen LogP contribution is 2.19. The van der Waals surface area contributed by atoms with Crippen molar-refractivity contribution in [2.75, 3.05) is 13.1 Å². The van der Waals surface area contributed by atoms with Gasteiger partial charge in [-0.2, -0.15) is 0 Å². The third-order valence-corrected chi connectivity index (χ3v) is 3.09. The van der Waals surface area contributed by atoms with E-state index < -0.39 is 5.60 Å². The largest absolute Gasteiger partial charge is 0.384 e. The molecule has 1 atom stereocenters. The molecule has 0 fully saturated rings. The molecule has 0 spiro atoms. The third kappa shape index (κ3) is 6.28. The maximum absolute atomic E-state index is 12.8. The van der Waals surface area contributed by atoms with Crippen LogP contribution >= 0.6 is 0 Å². The Balaban J connectivity index is 2.34. The van der Waals surface area contributed by atoms with Crippen molar-refractivity contribution in [1.82, 2.24) is 10.6 Å². The van der Waals surface area contributed by atoms with Crippen molar-refractivity contribution in [3.63, 3.8) is 0 Å². The molecular weight excluding hydrogens is 271 g/mol. The number of unbranched alkanes of at least 4 members (excludes halogenated alkanes) is 2. The lowest BCUT2D eigenvalue weighted by Crippen LogP contribution is -2.43. The predicted molar refractivity (Wildman–Crippen MR) is 80.1 cm³/mol. The Labute approximate surface area is 124 Å². The summed E-state index contributed by atoms with van der Waals surface area (Å²) >= 11 is 0. The lowest BCUT2D eigenvalue weighted by Gasteiger charge is -2.24. The van der Waals surface area contributed by atoms with Gasteiger partial charge in [-0.15, -0.1) is 12.3 Å². The fourth-order valence-corrected chi connectivity index (χ4v) is 1.78. The molecule has 0 aliphatic heterocycles. The predicted octanol–water partition coefficient (Wildman–Crippen LogP) is 2.14. The molecule has 0 saturated carbocycles. The van der Waals surface area contributed by atoms with Gasteiger partial charge in [-0.25, -0.2) is 9.18 Å². The summed E-state index contributed by atoms with van der Waals surface area (Å²) < 4.78 is 12.8. The van der Waals surface area contributed by atoms with Crippen LogP contribution in [0.1, 0.15) is 31.7 Å². The van der Waals surface area contributed by atoms with Crippen molar-refractivity contribution in [1.29, 1.82) is 0 Å². The van der Waals surface area contributed by atoms with Crippen molar-refractivity contribution in [3.8, 4) is 12.3 Å². The highest BCUT2D eigenvalue weighted by atomic mass is 19.1. The van der Waals surface area contributed by atoms with E-state index in [9.17, 15) is 14.3 Å². The minimum atomic E-state index is -1.26. The zero-order valence-corrected chi connectivity index (χ0v) is 12.2. The number of carbonyl (C=O) groups excluding carboxylic acids is 1. The van der Waals surface area contributed by atoms with Crippen LogP contribution in [0.2, 0.25) is 0 Å². The van der Waals surface area contributed by atoms with Crippen LogP contribution in [0, 0.1) is 18.2 Å². The minimum Gasteiger partial charge on any atom is -0.384 e. The van der Waals surface area contributed by atoms with Crippen molar-refractivity contribution >= 4 is 6.03 Å². The number of aliphatic hydroxyl groups is 1. The Bertz CT molecular complexity index is 492. The Kier molecular flexibility index (Phi) is 6.70. The minimum absolute atomic E-state index is 0.0365. The van der Waals surface area contributed by atoms with E-state index in [4.69, 9.17) is 6.42 Å². The summed E-state index contributed by atoms with van der Waals surface area (Å²) in [7, 11) is 0. The van der Waals surface area contributed by atoms with Gasteiger partial charge in [0.15, 0.2) is 0 Å². The van der Waals surface area contributed by atoms with Gasteiger partial charge < -0.3 is 15.7 Å². The van der Waals surface area contributed by atoms with Gasteiger partial charge in [0.25, 0.3) is 0 Å². The quantitative estimate of drug-likeness (QED) is 0.532. The van der Waals surface area contributed by atoms with Crippen molar-refractivity contribution in [2.24, 2.45) is 0 Å². The van der Waals surface area contributed by atoms with Crippen LogP contribution in [-0.2, 0) is 5.60 Å². The Morgan fingerprint density at radius 2 is 2.00 bits per heavy atom. The summed E-state index contributed by atoms with van der Waals surface area (Å²) in [5.41, 5.74) is -0.715. The molecule has 0 bridgehead atoms. The second-order valence-electron chi connectivity index (χ2n) is 5.05. The van der Waals surface area contributed by atoms with Crippen LogP contribution in [0.25, 0.3) is 0 Å². The normalized spacial score (nSPS) is 13.0. The molecule has 1 aromatic rings. The van der Waals surface area contributed by atoms with Crippen LogP contribution in [0.4, 0.5) is 9.18 Å². The topological polar surface area (TPSA) is 61.4 Å². The molecule has 1 rings (SSSR count). The van der Waals surface area contributed by atoms with Crippen LogP contribution < -0.4 is 10.6 Å². The van der Waals surface area contributed by atoms with E-state index in [2.05, 4.69) is 16.6 Å². The summed E-state index contributed by atoms with van der Waals surface area (Å²) in [6.45, 7) is 2.13. The van der Waals surface area contributed by atoms with Gasteiger partial charge in [-0.05, 0) is 37.5 Å². The average Bonchev–Trinajstić information content (AvgIpc) is 2.45. The molecule has 0 aliphatic carbocycles. The summed E-state index contributed by atoms with van der Waals surface area (Å²) in [5.74, 6) is 2.17. The zero-order valence-electron chi connectivity index (χ0n) is 12.2. The van der Waals surface area contributed by atoms with E-state index in [1.165, 1.54) is 24.3 Å². The van der Waals surface area contributed by atoms with Gasteiger partial charge in [0.1, 0.15) is 11.4 Å². The number of urea groups is 1. The SMILES string of the molecule is C#CCCCCNC(=O)NCC(C)(O)c1ccc(F)cc1. The number of carbonyl (C=O) groups is 1. The molecule has 0 heterocycles. The molecular formula is C16H21FN2O2. The fraction of sp³-hybridized carbons (Fsp3) is 0.438. The van der Waals surface area contributed by atoms with Crippen molar-refractivity contribution in [3.05, 3.63) is 35.6 Å². The number of hydrogen-bond donors (Lipinski definition) is 3. The standard InChI is InChI=1S/C16H21FN2O2/c1-3-4-5-6-11-18-15(20)19-12-16(2,21)13-7-9-14(17)10-8-13/h1,7-10,21H,4-6,11-12H2,2H3,(H2,18,19,20). The first-order chi connectivity index (χ1) is 9.95. The number of terminal acetylenes is 1. The van der Waals surface area contributed by atoms with Crippen molar-refractivity contribution in [2.45, 2.75) is 31.8 Å². The molecule has 1 unspecified atom stereocenters. The summed E-state index contributed by atoms with van der Waals surface area (Å²) in [4.78, 5) is 11.6. The molecule has 21 heavy (non-hydrogen) atoms. The molecule has 5 heteroatoms. The average molecular weight is 292 g/mol. The second-order valence-corrected chi connectivity index (χ2v) is 5.05. The maximum atomic E-state index is 12.8.